The highest BCUT2D eigenvalue weighted by Crippen LogP contribution is 2.12. The van der Waals surface area contributed by atoms with Crippen LogP contribution in [-0.2, 0) is 0 Å². The van der Waals surface area contributed by atoms with Gasteiger partial charge in [-0.1, -0.05) is 6.07 Å². The van der Waals surface area contributed by atoms with Crippen molar-refractivity contribution >= 4 is 17.5 Å². The monoisotopic (exact) mass is 274 g/mol. The fraction of sp³-hybridized carbons (Fsp3) is 0. The molecule has 3 N–H and O–H groups in total. The zero-order valence-electron chi connectivity index (χ0n) is 10.3. The summed E-state index contributed by atoms with van der Waals surface area (Å²) in [6, 6.07) is 11.2. The predicted octanol–water partition coefficient (Wildman–Crippen LogP) is 2.20. The lowest BCUT2D eigenvalue weighted by molar-refractivity contribution is 0.0706. The molecule has 2 amide bonds. The lowest BCUT2D eigenvalue weighted by atomic mass is 10.1. The van der Waals surface area contributed by atoms with E-state index in [9.17, 15) is 14.0 Å². The van der Waals surface area contributed by atoms with Gasteiger partial charge in [0.15, 0.2) is 0 Å². The minimum absolute atomic E-state index is 0.196. The van der Waals surface area contributed by atoms with Gasteiger partial charge in [0.25, 0.3) is 11.8 Å². The number of amides is 2. The summed E-state index contributed by atoms with van der Waals surface area (Å²) in [5.41, 5.74) is 2.40. The Morgan fingerprint density at radius 2 is 1.65 bits per heavy atom. The topological polar surface area (TPSA) is 78.4 Å². The Morgan fingerprint density at radius 1 is 0.950 bits per heavy atom. The van der Waals surface area contributed by atoms with E-state index in [1.54, 1.807) is 0 Å². The van der Waals surface area contributed by atoms with Gasteiger partial charge in [-0.05, 0) is 42.5 Å². The van der Waals surface area contributed by atoms with E-state index in [2.05, 4.69) is 5.32 Å². The zero-order chi connectivity index (χ0) is 14.5. The molecule has 0 aliphatic carbocycles. The smallest absolute Gasteiger partial charge is 0.274 e. The highest BCUT2D eigenvalue weighted by molar-refractivity contribution is 6.04. The molecule has 20 heavy (non-hydrogen) atoms. The molecule has 0 unspecified atom stereocenters. The first kappa shape index (κ1) is 13.7. The van der Waals surface area contributed by atoms with E-state index in [1.807, 2.05) is 0 Å². The highest BCUT2D eigenvalue weighted by atomic mass is 19.1. The average molecular weight is 274 g/mol. The molecule has 102 valence electrons. The van der Waals surface area contributed by atoms with Crippen molar-refractivity contribution in [2.45, 2.75) is 0 Å². The summed E-state index contributed by atoms with van der Waals surface area (Å²) in [6.45, 7) is 0. The Morgan fingerprint density at radius 3 is 2.25 bits per heavy atom. The van der Waals surface area contributed by atoms with Crippen LogP contribution < -0.4 is 10.8 Å². The quantitative estimate of drug-likeness (QED) is 0.593. The van der Waals surface area contributed by atoms with Gasteiger partial charge in [-0.3, -0.25) is 14.8 Å². The Hall–Kier alpha value is -2.73. The van der Waals surface area contributed by atoms with Crippen LogP contribution in [0.15, 0.2) is 48.5 Å². The third kappa shape index (κ3) is 3.18. The van der Waals surface area contributed by atoms with E-state index in [-0.39, 0.29) is 11.1 Å². The summed E-state index contributed by atoms with van der Waals surface area (Å²) in [4.78, 5) is 23.0. The highest BCUT2D eigenvalue weighted by Gasteiger charge is 2.08. The van der Waals surface area contributed by atoms with Gasteiger partial charge >= 0.3 is 0 Å². The predicted molar refractivity (Wildman–Crippen MR) is 70.0 cm³/mol. The average Bonchev–Trinajstić information content (AvgIpc) is 2.47. The largest absolute Gasteiger partial charge is 0.322 e. The van der Waals surface area contributed by atoms with Crippen LogP contribution in [0.25, 0.3) is 0 Å². The van der Waals surface area contributed by atoms with Crippen LogP contribution in [0.1, 0.15) is 20.7 Å². The number of halogens is 1. The molecule has 0 radical (unpaired) electrons. The van der Waals surface area contributed by atoms with Crippen LogP contribution in [0.3, 0.4) is 0 Å². The van der Waals surface area contributed by atoms with Crippen molar-refractivity contribution in [3.05, 3.63) is 65.5 Å². The number of hydroxylamine groups is 1. The first-order chi connectivity index (χ1) is 9.60. The Balaban J connectivity index is 2.10. The Bertz CT molecular complexity index is 641. The third-order valence-corrected chi connectivity index (χ3v) is 2.59. The molecule has 0 saturated carbocycles. The van der Waals surface area contributed by atoms with Crippen molar-refractivity contribution in [1.29, 1.82) is 0 Å². The van der Waals surface area contributed by atoms with Crippen LogP contribution in [-0.4, -0.2) is 17.0 Å². The molecule has 0 atom stereocenters. The van der Waals surface area contributed by atoms with Crippen molar-refractivity contribution in [3.8, 4) is 0 Å². The van der Waals surface area contributed by atoms with Crippen molar-refractivity contribution in [1.82, 2.24) is 5.48 Å². The van der Waals surface area contributed by atoms with Crippen LogP contribution in [0.4, 0.5) is 10.1 Å². The number of anilines is 1. The van der Waals surface area contributed by atoms with Crippen LogP contribution in [0.2, 0.25) is 0 Å². The molecular formula is C14H11FN2O3. The molecule has 0 aromatic heterocycles. The molecule has 0 saturated heterocycles. The van der Waals surface area contributed by atoms with E-state index >= 15 is 0 Å². The lowest BCUT2D eigenvalue weighted by Gasteiger charge is -2.06. The van der Waals surface area contributed by atoms with E-state index in [4.69, 9.17) is 5.21 Å². The van der Waals surface area contributed by atoms with Gasteiger partial charge in [0.2, 0.25) is 0 Å². The van der Waals surface area contributed by atoms with Crippen LogP contribution >= 0.6 is 0 Å². The standard InChI is InChI=1S/C14H11FN2O3/c15-11-3-1-2-10(8-11)13(18)16-12-6-4-9(5-7-12)14(19)17-20/h1-8,20H,(H,16,18)(H,17,19). The molecule has 0 aliphatic rings. The summed E-state index contributed by atoms with van der Waals surface area (Å²) >= 11 is 0. The maximum Gasteiger partial charge on any atom is 0.274 e. The number of carbonyl (C=O) groups excluding carboxylic acids is 2. The third-order valence-electron chi connectivity index (χ3n) is 2.59. The zero-order valence-corrected chi connectivity index (χ0v) is 10.3. The number of hydrogen-bond acceptors (Lipinski definition) is 3. The fourth-order valence-electron chi connectivity index (χ4n) is 1.60. The van der Waals surface area contributed by atoms with Gasteiger partial charge in [0.1, 0.15) is 5.82 Å². The molecule has 2 aromatic carbocycles. The normalized spacial score (nSPS) is 9.90. The Labute approximate surface area is 114 Å². The summed E-state index contributed by atoms with van der Waals surface area (Å²) in [5, 5.41) is 11.0. The molecular weight excluding hydrogens is 263 g/mol. The van der Waals surface area contributed by atoms with Gasteiger partial charge in [0.05, 0.1) is 0 Å². The van der Waals surface area contributed by atoms with E-state index in [0.29, 0.717) is 5.69 Å². The first-order valence-electron chi connectivity index (χ1n) is 5.71. The SMILES string of the molecule is O=C(NO)c1ccc(NC(=O)c2cccc(F)c2)cc1. The summed E-state index contributed by atoms with van der Waals surface area (Å²) in [7, 11) is 0. The molecule has 0 aliphatic heterocycles. The molecule has 0 heterocycles. The Kier molecular flexibility index (Phi) is 4.07. The van der Waals surface area contributed by atoms with E-state index < -0.39 is 17.6 Å². The molecule has 6 heteroatoms. The number of benzene rings is 2. The van der Waals surface area contributed by atoms with Gasteiger partial charge in [-0.15, -0.1) is 0 Å². The van der Waals surface area contributed by atoms with Crippen LogP contribution in [0, 0.1) is 5.82 Å². The molecule has 2 aromatic rings. The molecule has 0 fully saturated rings. The van der Waals surface area contributed by atoms with Crippen molar-refractivity contribution in [3.63, 3.8) is 0 Å². The van der Waals surface area contributed by atoms with E-state index in [0.717, 1.165) is 6.07 Å². The number of carbonyl (C=O) groups is 2. The second kappa shape index (κ2) is 5.94. The fourth-order valence-corrected chi connectivity index (χ4v) is 1.60. The van der Waals surface area contributed by atoms with Crippen molar-refractivity contribution in [2.24, 2.45) is 0 Å². The van der Waals surface area contributed by atoms with Crippen LogP contribution in [0.5, 0.6) is 0 Å². The van der Waals surface area contributed by atoms with E-state index in [1.165, 1.54) is 47.9 Å². The molecule has 2 rings (SSSR count). The molecule has 5 nitrogen and oxygen atoms in total. The minimum atomic E-state index is -0.645. The number of hydrogen-bond donors (Lipinski definition) is 3. The number of nitrogens with one attached hydrogen (secondary N) is 2. The van der Waals surface area contributed by atoms with Crippen molar-refractivity contribution in [2.75, 3.05) is 5.32 Å². The first-order valence-corrected chi connectivity index (χ1v) is 5.71. The van der Waals surface area contributed by atoms with Gasteiger partial charge < -0.3 is 5.32 Å². The molecule has 0 spiro atoms. The second-order valence-electron chi connectivity index (χ2n) is 3.98. The maximum atomic E-state index is 13.0. The summed E-state index contributed by atoms with van der Waals surface area (Å²) < 4.78 is 13.0. The van der Waals surface area contributed by atoms with Gasteiger partial charge in [-0.25, -0.2) is 9.87 Å². The second-order valence-corrected chi connectivity index (χ2v) is 3.98. The molecule has 0 bridgehead atoms. The lowest BCUT2D eigenvalue weighted by Crippen LogP contribution is -2.18. The summed E-state index contributed by atoms with van der Waals surface area (Å²) in [5.74, 6) is -1.59. The maximum absolute atomic E-state index is 13.0. The van der Waals surface area contributed by atoms with Gasteiger partial charge in [-0.2, -0.15) is 0 Å². The van der Waals surface area contributed by atoms with Crippen molar-refractivity contribution < 1.29 is 19.2 Å². The van der Waals surface area contributed by atoms with Gasteiger partial charge in [0, 0.05) is 16.8 Å². The summed E-state index contributed by atoms with van der Waals surface area (Å²) in [6.07, 6.45) is 0. The number of rotatable bonds is 3. The minimum Gasteiger partial charge on any atom is -0.322 e.